The molecule has 218 valence electrons. The number of carbonyl (C=O) groups excluding carboxylic acids is 2. The molecule has 1 fully saturated rings. The maximum atomic E-state index is 14.3. The number of anilines is 1. The van der Waals surface area contributed by atoms with E-state index in [4.69, 9.17) is 23.7 Å². The Morgan fingerprint density at radius 2 is 1.88 bits per heavy atom. The fourth-order valence-electron chi connectivity index (χ4n) is 5.27. The third-order valence-electron chi connectivity index (χ3n) is 7.37. The highest BCUT2D eigenvalue weighted by atomic mass is 16.7. The first-order valence-electron chi connectivity index (χ1n) is 13.7. The van der Waals surface area contributed by atoms with E-state index in [1.807, 2.05) is 24.3 Å². The van der Waals surface area contributed by atoms with Crippen LogP contribution in [0.4, 0.5) is 5.69 Å². The smallest absolute Gasteiger partial charge is 0.249 e. The van der Waals surface area contributed by atoms with Gasteiger partial charge >= 0.3 is 0 Å². The zero-order chi connectivity index (χ0) is 29.1. The predicted octanol–water partition coefficient (Wildman–Crippen LogP) is 3.25. The second kappa shape index (κ2) is 12.0. The van der Waals surface area contributed by atoms with E-state index < -0.39 is 11.9 Å². The highest BCUT2D eigenvalue weighted by Gasteiger charge is 2.35. The van der Waals surface area contributed by atoms with Crippen molar-refractivity contribution in [2.45, 2.75) is 31.5 Å². The van der Waals surface area contributed by atoms with Crippen molar-refractivity contribution in [3.63, 3.8) is 0 Å². The molecule has 0 radical (unpaired) electrons. The van der Waals surface area contributed by atoms with Gasteiger partial charge in [-0.1, -0.05) is 23.4 Å². The monoisotopic (exact) mass is 573 g/mol. The van der Waals surface area contributed by atoms with Gasteiger partial charge in [0, 0.05) is 24.9 Å². The lowest BCUT2D eigenvalue weighted by Crippen LogP contribution is -2.46. The molecule has 3 aromatic carbocycles. The zero-order valence-electron chi connectivity index (χ0n) is 23.3. The minimum absolute atomic E-state index is 0.0681. The van der Waals surface area contributed by atoms with Crippen molar-refractivity contribution in [1.29, 1.82) is 0 Å². The number of carbonyl (C=O) groups is 2. The summed E-state index contributed by atoms with van der Waals surface area (Å²) in [5.74, 6) is 1.17. The minimum Gasteiger partial charge on any atom is -0.493 e. The van der Waals surface area contributed by atoms with Gasteiger partial charge in [-0.3, -0.25) is 14.5 Å². The first kappa shape index (κ1) is 27.3. The molecule has 42 heavy (non-hydrogen) atoms. The van der Waals surface area contributed by atoms with Crippen LogP contribution >= 0.6 is 0 Å². The molecule has 2 aliphatic heterocycles. The first-order chi connectivity index (χ1) is 20.6. The van der Waals surface area contributed by atoms with Gasteiger partial charge in [-0.2, -0.15) is 0 Å². The Bertz CT molecular complexity index is 1600. The number of fused-ring (bicyclic) bond motifs is 2. The Kier molecular flexibility index (Phi) is 7.78. The normalized spacial score (nSPS) is 16.3. The van der Waals surface area contributed by atoms with Crippen molar-refractivity contribution >= 4 is 28.5 Å². The molecule has 2 atom stereocenters. The van der Waals surface area contributed by atoms with Crippen LogP contribution in [0.25, 0.3) is 11.0 Å². The Morgan fingerprint density at radius 3 is 2.69 bits per heavy atom. The summed E-state index contributed by atoms with van der Waals surface area (Å²) in [6.45, 7) is 0.878. The maximum Gasteiger partial charge on any atom is 0.249 e. The number of aromatic nitrogens is 3. The Balaban J connectivity index is 1.43. The van der Waals surface area contributed by atoms with E-state index in [0.717, 1.165) is 12.8 Å². The fourth-order valence-corrected chi connectivity index (χ4v) is 5.27. The van der Waals surface area contributed by atoms with Crippen LogP contribution in [0.2, 0.25) is 0 Å². The average Bonchev–Trinajstić information content (AvgIpc) is 3.80. The maximum absolute atomic E-state index is 14.3. The van der Waals surface area contributed by atoms with Crippen molar-refractivity contribution in [3.05, 3.63) is 66.2 Å². The molecule has 2 amide bonds. The molecule has 12 nitrogen and oxygen atoms in total. The van der Waals surface area contributed by atoms with Crippen LogP contribution < -0.4 is 29.2 Å². The molecule has 3 heterocycles. The van der Waals surface area contributed by atoms with Gasteiger partial charge in [-0.15, -0.1) is 5.10 Å². The zero-order valence-corrected chi connectivity index (χ0v) is 23.3. The second-order valence-corrected chi connectivity index (χ2v) is 9.93. The molecule has 0 spiro atoms. The summed E-state index contributed by atoms with van der Waals surface area (Å²) in [5.41, 5.74) is 2.32. The summed E-state index contributed by atoms with van der Waals surface area (Å²) in [6.07, 6.45) is 1.70. The fraction of sp³-hybridized carbons (Fsp3) is 0.333. The van der Waals surface area contributed by atoms with Crippen molar-refractivity contribution < 1.29 is 33.3 Å². The molecule has 1 N–H and O–H groups in total. The third-order valence-corrected chi connectivity index (χ3v) is 7.37. The number of amides is 2. The highest BCUT2D eigenvalue weighted by molar-refractivity contribution is 6.02. The highest BCUT2D eigenvalue weighted by Crippen LogP contribution is 2.39. The van der Waals surface area contributed by atoms with E-state index in [-0.39, 0.29) is 25.3 Å². The second-order valence-electron chi connectivity index (χ2n) is 9.93. The van der Waals surface area contributed by atoms with Crippen LogP contribution in [0.3, 0.4) is 0 Å². The summed E-state index contributed by atoms with van der Waals surface area (Å²) >= 11 is 0. The molecule has 0 unspecified atom stereocenters. The van der Waals surface area contributed by atoms with Crippen LogP contribution in [0.1, 0.15) is 24.4 Å². The molecule has 1 aromatic heterocycles. The molecule has 1 saturated heterocycles. The number of hydrogen-bond donors (Lipinski definition) is 1. The summed E-state index contributed by atoms with van der Waals surface area (Å²) in [5, 5.41) is 11.4. The SMILES string of the molecule is COc1ccc([C@H](C(=O)NC[C@@H]2CCCO2)N(C(=O)Cn2nnc3ccccc32)c2ccc3c(c2)OCO3)cc1OC. The molecule has 0 saturated carbocycles. The number of hydrogen-bond acceptors (Lipinski definition) is 9. The van der Waals surface area contributed by atoms with Gasteiger partial charge in [0.05, 0.1) is 25.8 Å². The lowest BCUT2D eigenvalue weighted by Gasteiger charge is -2.32. The van der Waals surface area contributed by atoms with Gasteiger partial charge < -0.3 is 29.0 Å². The van der Waals surface area contributed by atoms with Crippen LogP contribution in [0.15, 0.2) is 60.7 Å². The standard InChI is InChI=1S/C30H31N5O7/c1-38-24-11-9-19(14-26(24)39-2)29(30(37)31-16-21-6-5-13-40-21)35(20-10-12-25-27(15-20)42-18-41-25)28(36)17-34-23-8-4-3-7-22(23)32-33-34/h3-4,7-12,14-15,21,29H,5-6,13,16-18H2,1-2H3,(H,31,37)/t21-,29+/m0/s1. The van der Waals surface area contributed by atoms with Gasteiger partial charge in [0.25, 0.3) is 0 Å². The van der Waals surface area contributed by atoms with Crippen LogP contribution in [0, 0.1) is 0 Å². The molecule has 4 aromatic rings. The molecular weight excluding hydrogens is 542 g/mol. The number of methoxy groups -OCH3 is 2. The lowest BCUT2D eigenvalue weighted by atomic mass is 10.0. The first-order valence-corrected chi connectivity index (χ1v) is 13.7. The molecule has 12 heteroatoms. The summed E-state index contributed by atoms with van der Waals surface area (Å²) in [6, 6.07) is 16.6. The van der Waals surface area contributed by atoms with Gasteiger partial charge in [0.2, 0.25) is 18.6 Å². The van der Waals surface area contributed by atoms with Crippen molar-refractivity contribution in [2.75, 3.05) is 39.1 Å². The molecule has 0 aliphatic carbocycles. The molecule has 2 aliphatic rings. The van der Waals surface area contributed by atoms with Crippen molar-refractivity contribution in [3.8, 4) is 23.0 Å². The lowest BCUT2D eigenvalue weighted by molar-refractivity contribution is -0.127. The number of nitrogens with one attached hydrogen (secondary N) is 1. The van der Waals surface area contributed by atoms with E-state index in [1.165, 1.54) is 23.8 Å². The number of nitrogens with zero attached hydrogens (tertiary/aromatic N) is 4. The average molecular weight is 574 g/mol. The predicted molar refractivity (Wildman–Crippen MR) is 152 cm³/mol. The van der Waals surface area contributed by atoms with Gasteiger partial charge in [-0.05, 0) is 54.8 Å². The summed E-state index contributed by atoms with van der Waals surface area (Å²) in [4.78, 5) is 29.9. The van der Waals surface area contributed by atoms with Gasteiger partial charge in [0.1, 0.15) is 18.1 Å². The van der Waals surface area contributed by atoms with E-state index in [2.05, 4.69) is 15.6 Å². The number of para-hydroxylation sites is 1. The van der Waals surface area contributed by atoms with E-state index in [1.54, 1.807) is 36.4 Å². The topological polar surface area (TPSA) is 126 Å². The van der Waals surface area contributed by atoms with Crippen molar-refractivity contribution in [1.82, 2.24) is 20.3 Å². The quantitative estimate of drug-likeness (QED) is 0.304. The molecular formula is C30H31N5O7. The van der Waals surface area contributed by atoms with Crippen LogP contribution in [-0.2, 0) is 20.9 Å². The van der Waals surface area contributed by atoms with E-state index in [9.17, 15) is 9.59 Å². The summed E-state index contributed by atoms with van der Waals surface area (Å²) < 4.78 is 29.3. The molecule has 0 bridgehead atoms. The van der Waals surface area contributed by atoms with Crippen LogP contribution in [-0.4, -0.2) is 67.1 Å². The van der Waals surface area contributed by atoms with E-state index in [0.29, 0.717) is 58.4 Å². The Hall–Kier alpha value is -4.84. The molecule has 6 rings (SSSR count). The van der Waals surface area contributed by atoms with Crippen molar-refractivity contribution in [2.24, 2.45) is 0 Å². The van der Waals surface area contributed by atoms with Gasteiger partial charge in [0.15, 0.2) is 23.0 Å². The van der Waals surface area contributed by atoms with Crippen LogP contribution in [0.5, 0.6) is 23.0 Å². The van der Waals surface area contributed by atoms with E-state index >= 15 is 0 Å². The Morgan fingerprint density at radius 1 is 1.05 bits per heavy atom. The minimum atomic E-state index is -1.09. The third kappa shape index (κ3) is 5.40. The Labute approximate surface area is 242 Å². The number of rotatable bonds is 10. The summed E-state index contributed by atoms with van der Waals surface area (Å²) in [7, 11) is 3.05. The largest absolute Gasteiger partial charge is 0.493 e. The van der Waals surface area contributed by atoms with Gasteiger partial charge in [-0.25, -0.2) is 4.68 Å². The number of ether oxygens (including phenoxy) is 5. The number of benzene rings is 3.